The standard InChI is InChI=1S/C26H30N4O4/c1-18(2)34-23-16-30(17-23)15-21-8-6-19(7-9-21)4-5-20-10-12-22(13-11-20)26(33)29(3)28-25(32)14-24(27)31/h6-13,18,23H,14-17H2,1-3H3,(H2,27,31)(H,28,32). The molecule has 1 aliphatic heterocycles. The third-order valence-electron chi connectivity index (χ3n) is 5.16. The van der Waals surface area contributed by atoms with Crippen LogP contribution in [0.4, 0.5) is 0 Å². The molecular weight excluding hydrogens is 432 g/mol. The molecule has 1 fully saturated rings. The first-order chi connectivity index (χ1) is 16.2. The first kappa shape index (κ1) is 25.0. The molecule has 3 N–H and O–H groups in total. The molecule has 0 aliphatic carbocycles. The first-order valence-corrected chi connectivity index (χ1v) is 11.1. The number of amides is 3. The number of hydrazine groups is 1. The van der Waals surface area contributed by atoms with E-state index >= 15 is 0 Å². The van der Waals surface area contributed by atoms with Gasteiger partial charge in [-0.25, -0.2) is 0 Å². The van der Waals surface area contributed by atoms with Gasteiger partial charge in [0.25, 0.3) is 5.91 Å². The Morgan fingerprint density at radius 3 is 2.15 bits per heavy atom. The molecule has 0 radical (unpaired) electrons. The van der Waals surface area contributed by atoms with E-state index in [0.29, 0.717) is 11.7 Å². The molecule has 0 saturated carbocycles. The number of hydrogen-bond donors (Lipinski definition) is 2. The number of benzene rings is 2. The summed E-state index contributed by atoms with van der Waals surface area (Å²) in [4.78, 5) is 37.1. The lowest BCUT2D eigenvalue weighted by molar-refractivity contribution is -0.130. The highest BCUT2D eigenvalue weighted by atomic mass is 16.5. The average molecular weight is 463 g/mol. The Morgan fingerprint density at radius 2 is 1.62 bits per heavy atom. The van der Waals surface area contributed by atoms with Gasteiger partial charge in [0.05, 0.1) is 12.2 Å². The van der Waals surface area contributed by atoms with Crippen molar-refractivity contribution in [1.82, 2.24) is 15.3 Å². The van der Waals surface area contributed by atoms with Gasteiger partial charge in [-0.3, -0.25) is 29.7 Å². The van der Waals surface area contributed by atoms with Crippen LogP contribution in [0.1, 0.15) is 47.3 Å². The monoisotopic (exact) mass is 462 g/mol. The molecule has 0 atom stereocenters. The van der Waals surface area contributed by atoms with Gasteiger partial charge >= 0.3 is 0 Å². The largest absolute Gasteiger partial charge is 0.373 e. The summed E-state index contributed by atoms with van der Waals surface area (Å²) in [6.45, 7) is 6.96. The summed E-state index contributed by atoms with van der Waals surface area (Å²) in [5.74, 6) is 4.40. The van der Waals surface area contributed by atoms with Crippen LogP contribution in [0.3, 0.4) is 0 Å². The maximum absolute atomic E-state index is 12.4. The normalized spacial score (nSPS) is 13.5. The van der Waals surface area contributed by atoms with Gasteiger partial charge in [-0.2, -0.15) is 0 Å². The molecule has 0 aromatic heterocycles. The second-order valence-corrected chi connectivity index (χ2v) is 8.57. The Bertz CT molecular complexity index is 1080. The zero-order chi connectivity index (χ0) is 24.7. The number of nitrogens with one attached hydrogen (secondary N) is 1. The van der Waals surface area contributed by atoms with Gasteiger partial charge < -0.3 is 10.5 Å². The van der Waals surface area contributed by atoms with Crippen LogP contribution in [0.5, 0.6) is 0 Å². The van der Waals surface area contributed by atoms with Crippen LogP contribution in [-0.4, -0.2) is 60.0 Å². The first-order valence-electron chi connectivity index (χ1n) is 11.1. The Balaban J connectivity index is 1.51. The fraction of sp³-hybridized carbons (Fsp3) is 0.346. The van der Waals surface area contributed by atoms with Crippen molar-refractivity contribution in [3.63, 3.8) is 0 Å². The van der Waals surface area contributed by atoms with Gasteiger partial charge in [-0.15, -0.1) is 0 Å². The number of likely N-dealkylation sites (tertiary alicyclic amines) is 1. The van der Waals surface area contributed by atoms with E-state index in [1.165, 1.54) is 12.6 Å². The molecular formula is C26H30N4O4. The van der Waals surface area contributed by atoms with Crippen molar-refractivity contribution in [3.05, 3.63) is 70.8 Å². The summed E-state index contributed by atoms with van der Waals surface area (Å²) in [5, 5.41) is 1.02. The highest BCUT2D eigenvalue weighted by molar-refractivity contribution is 5.99. The molecule has 2 aromatic rings. The fourth-order valence-electron chi connectivity index (χ4n) is 3.54. The third kappa shape index (κ3) is 7.44. The molecule has 34 heavy (non-hydrogen) atoms. The maximum Gasteiger partial charge on any atom is 0.272 e. The number of hydrogen-bond acceptors (Lipinski definition) is 5. The quantitative estimate of drug-likeness (QED) is 0.370. The van der Waals surface area contributed by atoms with Crippen LogP contribution >= 0.6 is 0 Å². The number of carbonyl (C=O) groups excluding carboxylic acids is 3. The van der Waals surface area contributed by atoms with E-state index in [1.54, 1.807) is 24.3 Å². The molecule has 0 bridgehead atoms. The van der Waals surface area contributed by atoms with Crippen LogP contribution in [0.2, 0.25) is 0 Å². The average Bonchev–Trinajstić information content (AvgIpc) is 2.76. The molecule has 1 saturated heterocycles. The number of primary amides is 1. The van der Waals surface area contributed by atoms with Gasteiger partial charge in [0.15, 0.2) is 0 Å². The molecule has 3 rings (SSSR count). The fourth-order valence-corrected chi connectivity index (χ4v) is 3.54. The predicted octanol–water partition coefficient (Wildman–Crippen LogP) is 1.67. The van der Waals surface area contributed by atoms with Crippen molar-refractivity contribution >= 4 is 17.7 Å². The van der Waals surface area contributed by atoms with Crippen molar-refractivity contribution in [2.75, 3.05) is 20.1 Å². The van der Waals surface area contributed by atoms with Crippen LogP contribution < -0.4 is 11.2 Å². The minimum atomic E-state index is -0.766. The van der Waals surface area contributed by atoms with E-state index in [9.17, 15) is 14.4 Å². The summed E-state index contributed by atoms with van der Waals surface area (Å²) in [7, 11) is 1.40. The Morgan fingerprint density at radius 1 is 1.06 bits per heavy atom. The molecule has 1 aliphatic rings. The number of nitrogens with zero attached hydrogens (tertiary/aromatic N) is 2. The van der Waals surface area contributed by atoms with Crippen molar-refractivity contribution in [3.8, 4) is 11.8 Å². The van der Waals surface area contributed by atoms with Crippen molar-refractivity contribution < 1.29 is 19.1 Å². The molecule has 2 aromatic carbocycles. The Hall–Kier alpha value is -3.67. The van der Waals surface area contributed by atoms with Crippen molar-refractivity contribution in [2.24, 2.45) is 5.73 Å². The van der Waals surface area contributed by atoms with E-state index in [-0.39, 0.29) is 6.10 Å². The van der Waals surface area contributed by atoms with Crippen molar-refractivity contribution in [1.29, 1.82) is 0 Å². The molecule has 178 valence electrons. The third-order valence-corrected chi connectivity index (χ3v) is 5.16. The highest BCUT2D eigenvalue weighted by Gasteiger charge is 2.27. The van der Waals surface area contributed by atoms with Gasteiger partial charge in [-0.05, 0) is 55.8 Å². The topological polar surface area (TPSA) is 105 Å². The summed E-state index contributed by atoms with van der Waals surface area (Å²) < 4.78 is 5.79. The minimum absolute atomic E-state index is 0.269. The highest BCUT2D eigenvalue weighted by Crippen LogP contribution is 2.17. The zero-order valence-corrected chi connectivity index (χ0v) is 19.7. The molecule has 8 heteroatoms. The Kier molecular flexibility index (Phi) is 8.41. The van der Waals surface area contributed by atoms with E-state index in [4.69, 9.17) is 10.5 Å². The number of rotatable bonds is 7. The lowest BCUT2D eigenvalue weighted by atomic mass is 10.1. The van der Waals surface area contributed by atoms with Crippen LogP contribution in [-0.2, 0) is 20.9 Å². The number of nitrogens with two attached hydrogens (primary N) is 1. The summed E-state index contributed by atoms with van der Waals surface area (Å²) >= 11 is 0. The van der Waals surface area contributed by atoms with Gasteiger partial charge in [0.2, 0.25) is 11.8 Å². The minimum Gasteiger partial charge on any atom is -0.373 e. The summed E-state index contributed by atoms with van der Waals surface area (Å²) in [6.07, 6.45) is 0.122. The van der Waals surface area contributed by atoms with Crippen LogP contribution in [0, 0.1) is 11.8 Å². The lowest BCUT2D eigenvalue weighted by Gasteiger charge is -2.39. The molecule has 3 amide bonds. The van der Waals surface area contributed by atoms with Crippen LogP contribution in [0.15, 0.2) is 48.5 Å². The summed E-state index contributed by atoms with van der Waals surface area (Å²) in [5.41, 5.74) is 10.6. The van der Waals surface area contributed by atoms with E-state index in [0.717, 1.165) is 35.8 Å². The van der Waals surface area contributed by atoms with E-state index in [2.05, 4.69) is 48.1 Å². The smallest absolute Gasteiger partial charge is 0.272 e. The number of carbonyl (C=O) groups is 3. The van der Waals surface area contributed by atoms with Gasteiger partial charge in [-0.1, -0.05) is 24.0 Å². The Labute approximate surface area is 200 Å². The summed E-state index contributed by atoms with van der Waals surface area (Å²) in [6, 6.07) is 14.9. The van der Waals surface area contributed by atoms with Crippen LogP contribution in [0.25, 0.3) is 0 Å². The van der Waals surface area contributed by atoms with E-state index < -0.39 is 24.1 Å². The van der Waals surface area contributed by atoms with E-state index in [1.807, 2.05) is 12.1 Å². The maximum atomic E-state index is 12.4. The lowest BCUT2D eigenvalue weighted by Crippen LogP contribution is -2.52. The second-order valence-electron chi connectivity index (χ2n) is 8.57. The molecule has 1 heterocycles. The molecule has 0 spiro atoms. The van der Waals surface area contributed by atoms with Gasteiger partial charge in [0, 0.05) is 43.4 Å². The second kappa shape index (κ2) is 11.5. The molecule has 8 nitrogen and oxygen atoms in total. The number of ether oxygens (including phenoxy) is 1. The molecule has 0 unspecified atom stereocenters. The van der Waals surface area contributed by atoms with Gasteiger partial charge in [0.1, 0.15) is 6.42 Å². The predicted molar refractivity (Wildman–Crippen MR) is 128 cm³/mol. The SMILES string of the molecule is CC(C)OC1CN(Cc2ccc(C#Cc3ccc(C(=O)N(C)NC(=O)CC(N)=O)cc3)cc2)C1. The van der Waals surface area contributed by atoms with Crippen molar-refractivity contribution in [2.45, 2.75) is 39.0 Å². The zero-order valence-electron chi connectivity index (χ0n) is 19.7.